The van der Waals surface area contributed by atoms with Crippen molar-refractivity contribution in [1.82, 2.24) is 0 Å². The van der Waals surface area contributed by atoms with Gasteiger partial charge >= 0.3 is 0 Å². The van der Waals surface area contributed by atoms with Crippen molar-refractivity contribution in [2.45, 2.75) is 6.92 Å². The molecule has 3 rings (SSSR count). The number of rotatable bonds is 5. The van der Waals surface area contributed by atoms with E-state index in [1.54, 1.807) is 24.3 Å². The molecule has 6 nitrogen and oxygen atoms in total. The molecule has 0 spiro atoms. The quantitative estimate of drug-likeness (QED) is 0.756. The number of carbonyl (C=O) groups is 2. The van der Waals surface area contributed by atoms with Gasteiger partial charge in [-0.1, -0.05) is 6.07 Å². The Morgan fingerprint density at radius 3 is 2.44 bits per heavy atom. The number of piperazine rings is 1. The first-order chi connectivity index (χ1) is 12.1. The fourth-order valence-corrected chi connectivity index (χ4v) is 3.04. The highest BCUT2D eigenvalue weighted by atomic mass is 16.2. The molecule has 1 amide bonds. The molecule has 1 aliphatic heterocycles. The minimum absolute atomic E-state index is 0.00491. The predicted octanol–water partition coefficient (Wildman–Crippen LogP) is 0.0469. The highest BCUT2D eigenvalue weighted by Crippen LogP contribution is 2.09. The molecule has 1 saturated heterocycles. The summed E-state index contributed by atoms with van der Waals surface area (Å²) in [6.45, 7) is 5.70. The zero-order chi connectivity index (χ0) is 17.6. The Hall–Kier alpha value is -2.73. The average molecular weight is 340 g/mol. The lowest BCUT2D eigenvalue weighted by Crippen LogP contribution is -3.15. The van der Waals surface area contributed by atoms with Crippen LogP contribution in [0, 0.1) is 0 Å². The molecular weight excluding hydrogens is 316 g/mol. The van der Waals surface area contributed by atoms with Crippen molar-refractivity contribution in [3.63, 3.8) is 0 Å². The van der Waals surface area contributed by atoms with Gasteiger partial charge in [0.1, 0.15) is 26.2 Å². The number of nitrogens with zero attached hydrogens (tertiary/aromatic N) is 1. The normalized spacial score (nSPS) is 15.0. The molecule has 0 unspecified atom stereocenters. The Labute approximate surface area is 147 Å². The molecule has 0 aliphatic carbocycles. The minimum atomic E-state index is 0.00491. The van der Waals surface area contributed by atoms with Crippen molar-refractivity contribution in [2.75, 3.05) is 42.9 Å². The molecule has 1 aromatic heterocycles. The Bertz CT molecular complexity index is 723. The van der Waals surface area contributed by atoms with Crippen LogP contribution in [0.4, 0.5) is 11.5 Å². The van der Waals surface area contributed by atoms with E-state index in [-0.39, 0.29) is 11.7 Å². The van der Waals surface area contributed by atoms with Crippen LogP contribution in [0.2, 0.25) is 0 Å². The van der Waals surface area contributed by atoms with Gasteiger partial charge in [-0.3, -0.25) is 14.5 Å². The number of hydrogen-bond acceptors (Lipinski definition) is 3. The second-order valence-corrected chi connectivity index (χ2v) is 6.34. The SMILES string of the molecule is CC(=O)c1ccc(NC(=O)C[NH+]2CCN(c3cccc[nH+]3)CC2)cc1. The zero-order valence-electron chi connectivity index (χ0n) is 14.4. The lowest BCUT2D eigenvalue weighted by Gasteiger charge is -2.27. The maximum atomic E-state index is 12.2. The Kier molecular flexibility index (Phi) is 5.40. The second kappa shape index (κ2) is 7.90. The summed E-state index contributed by atoms with van der Waals surface area (Å²) in [4.78, 5) is 30.3. The molecule has 0 atom stereocenters. The number of nitrogens with one attached hydrogen (secondary N) is 3. The van der Waals surface area contributed by atoms with E-state index in [1.165, 1.54) is 11.8 Å². The van der Waals surface area contributed by atoms with Crippen molar-refractivity contribution in [3.05, 3.63) is 54.2 Å². The number of anilines is 2. The molecule has 3 N–H and O–H groups in total. The monoisotopic (exact) mass is 340 g/mol. The third-order valence-corrected chi connectivity index (χ3v) is 4.49. The Morgan fingerprint density at radius 2 is 1.84 bits per heavy atom. The first kappa shape index (κ1) is 17.1. The molecule has 2 heterocycles. The topological polar surface area (TPSA) is 68.0 Å². The highest BCUT2D eigenvalue weighted by Gasteiger charge is 2.27. The highest BCUT2D eigenvalue weighted by molar-refractivity contribution is 5.95. The first-order valence-corrected chi connectivity index (χ1v) is 8.58. The molecule has 0 bridgehead atoms. The van der Waals surface area contributed by atoms with E-state index < -0.39 is 0 Å². The largest absolute Gasteiger partial charge is 0.321 e. The summed E-state index contributed by atoms with van der Waals surface area (Å²) in [6, 6.07) is 13.1. The van der Waals surface area contributed by atoms with Crippen LogP contribution in [0.15, 0.2) is 48.7 Å². The van der Waals surface area contributed by atoms with Crippen LogP contribution in [0.25, 0.3) is 0 Å². The van der Waals surface area contributed by atoms with Crippen molar-refractivity contribution >= 4 is 23.2 Å². The van der Waals surface area contributed by atoms with Crippen molar-refractivity contribution in [2.24, 2.45) is 0 Å². The van der Waals surface area contributed by atoms with E-state index in [9.17, 15) is 9.59 Å². The molecule has 1 aliphatic rings. The smallest absolute Gasteiger partial charge is 0.279 e. The number of Topliss-reactive ketones (excluding diaryl/α,β-unsaturated/α-hetero) is 1. The summed E-state index contributed by atoms with van der Waals surface area (Å²) in [6.07, 6.45) is 1.93. The van der Waals surface area contributed by atoms with Crippen molar-refractivity contribution < 1.29 is 19.5 Å². The van der Waals surface area contributed by atoms with Gasteiger partial charge in [0.15, 0.2) is 12.3 Å². The number of aromatic nitrogens is 1. The number of aromatic amines is 1. The van der Waals surface area contributed by atoms with Gasteiger partial charge in [0, 0.05) is 17.3 Å². The molecule has 1 aromatic carbocycles. The van der Waals surface area contributed by atoms with Crippen LogP contribution in [0.3, 0.4) is 0 Å². The van der Waals surface area contributed by atoms with Gasteiger partial charge in [-0.25, -0.2) is 4.98 Å². The van der Waals surface area contributed by atoms with Gasteiger partial charge < -0.3 is 10.2 Å². The van der Waals surface area contributed by atoms with Crippen molar-refractivity contribution in [1.29, 1.82) is 0 Å². The van der Waals surface area contributed by atoms with Crippen LogP contribution in [0.5, 0.6) is 0 Å². The summed E-state index contributed by atoms with van der Waals surface area (Å²) in [5.41, 5.74) is 1.38. The minimum Gasteiger partial charge on any atom is -0.321 e. The molecule has 0 radical (unpaired) electrons. The standard InChI is InChI=1S/C19H22N4O2/c1-15(24)16-5-7-17(8-6-16)21-19(25)14-22-10-12-23(13-11-22)18-4-2-3-9-20-18/h2-9H,10-14H2,1H3,(H,21,25)/p+2. The molecule has 25 heavy (non-hydrogen) atoms. The van der Waals surface area contributed by atoms with Gasteiger partial charge in [0.2, 0.25) is 0 Å². The number of benzene rings is 1. The summed E-state index contributed by atoms with van der Waals surface area (Å²) in [5, 5.41) is 2.91. The molecular formula is C19H24N4O2+2. The molecule has 130 valence electrons. The Morgan fingerprint density at radius 1 is 1.12 bits per heavy atom. The molecule has 2 aromatic rings. The number of amides is 1. The van der Waals surface area contributed by atoms with Crippen LogP contribution < -0.4 is 20.1 Å². The number of ketones is 1. The summed E-state index contributed by atoms with van der Waals surface area (Å²) < 4.78 is 0. The lowest BCUT2D eigenvalue weighted by atomic mass is 10.1. The van der Waals surface area contributed by atoms with Gasteiger partial charge in [-0.15, -0.1) is 0 Å². The summed E-state index contributed by atoms with van der Waals surface area (Å²) >= 11 is 0. The predicted molar refractivity (Wildman–Crippen MR) is 95.9 cm³/mol. The average Bonchev–Trinajstić information content (AvgIpc) is 2.63. The fraction of sp³-hybridized carbons (Fsp3) is 0.316. The summed E-state index contributed by atoms with van der Waals surface area (Å²) in [7, 11) is 0. The first-order valence-electron chi connectivity index (χ1n) is 8.58. The van der Waals surface area contributed by atoms with E-state index in [0.29, 0.717) is 12.1 Å². The maximum Gasteiger partial charge on any atom is 0.279 e. The third kappa shape index (κ3) is 4.64. The van der Waals surface area contributed by atoms with Gasteiger partial charge in [0.25, 0.3) is 11.7 Å². The molecule has 0 saturated carbocycles. The summed E-state index contributed by atoms with van der Waals surface area (Å²) in [5.74, 6) is 1.15. The van der Waals surface area contributed by atoms with Gasteiger partial charge in [0.05, 0.1) is 6.20 Å². The van der Waals surface area contributed by atoms with E-state index in [1.807, 2.05) is 18.3 Å². The van der Waals surface area contributed by atoms with Crippen molar-refractivity contribution in [3.8, 4) is 0 Å². The van der Waals surface area contributed by atoms with Crippen LogP contribution >= 0.6 is 0 Å². The molecule has 1 fully saturated rings. The van der Waals surface area contributed by atoms with E-state index in [0.717, 1.165) is 37.7 Å². The van der Waals surface area contributed by atoms with E-state index in [4.69, 9.17) is 0 Å². The number of quaternary nitrogens is 1. The number of carbonyl (C=O) groups excluding carboxylic acids is 2. The van der Waals surface area contributed by atoms with Gasteiger partial charge in [-0.2, -0.15) is 0 Å². The second-order valence-electron chi connectivity index (χ2n) is 6.34. The zero-order valence-corrected chi connectivity index (χ0v) is 14.4. The third-order valence-electron chi connectivity index (χ3n) is 4.49. The maximum absolute atomic E-state index is 12.2. The van der Waals surface area contributed by atoms with Crippen LogP contribution in [0.1, 0.15) is 17.3 Å². The number of H-pyrrole nitrogens is 1. The van der Waals surface area contributed by atoms with E-state index >= 15 is 0 Å². The lowest BCUT2D eigenvalue weighted by molar-refractivity contribution is -0.892. The van der Waals surface area contributed by atoms with Crippen LogP contribution in [-0.2, 0) is 4.79 Å². The number of hydrogen-bond donors (Lipinski definition) is 2. The Balaban J connectivity index is 1.47. The van der Waals surface area contributed by atoms with Crippen LogP contribution in [-0.4, -0.2) is 44.4 Å². The fourth-order valence-electron chi connectivity index (χ4n) is 3.04. The number of pyridine rings is 1. The van der Waals surface area contributed by atoms with Gasteiger partial charge in [-0.05, 0) is 37.3 Å². The molecule has 6 heteroatoms. The van der Waals surface area contributed by atoms with E-state index in [2.05, 4.69) is 21.3 Å².